The van der Waals surface area contributed by atoms with E-state index >= 15 is 0 Å². The van der Waals surface area contributed by atoms with E-state index in [9.17, 15) is 14.9 Å². The highest BCUT2D eigenvalue weighted by molar-refractivity contribution is 5.98. The Morgan fingerprint density at radius 3 is 2.07 bits per heavy atom. The van der Waals surface area contributed by atoms with Crippen molar-refractivity contribution in [3.8, 4) is 17.2 Å². The number of nitro groups is 1. The van der Waals surface area contributed by atoms with Gasteiger partial charge in [0.15, 0.2) is 17.3 Å². The minimum absolute atomic E-state index is 0.0589. The van der Waals surface area contributed by atoms with Crippen molar-refractivity contribution in [2.75, 3.05) is 21.3 Å². The minimum atomic E-state index is -1.35. The van der Waals surface area contributed by atoms with E-state index in [0.29, 0.717) is 28.4 Å². The molecule has 0 bridgehead atoms. The highest BCUT2D eigenvalue weighted by atomic mass is 16.6. The third-order valence-corrected chi connectivity index (χ3v) is 4.81. The number of ether oxygens (including phenoxy) is 3. The maximum atomic E-state index is 13.0. The van der Waals surface area contributed by atoms with Crippen LogP contribution < -0.4 is 14.2 Å². The van der Waals surface area contributed by atoms with Crippen molar-refractivity contribution in [3.05, 3.63) is 57.9 Å². The lowest BCUT2D eigenvalue weighted by Gasteiger charge is -2.26. The van der Waals surface area contributed by atoms with Crippen LogP contribution in [0.15, 0.2) is 36.7 Å². The van der Waals surface area contributed by atoms with Crippen LogP contribution in [0.5, 0.6) is 17.2 Å². The van der Waals surface area contributed by atoms with Crippen LogP contribution in [0, 0.1) is 10.1 Å². The molecule has 150 valence electrons. The topological polar surface area (TPSA) is 101 Å². The number of nitrogens with zero attached hydrogens (tertiary/aromatic N) is 2. The molecule has 1 atom stereocenters. The second kappa shape index (κ2) is 8.69. The highest BCUT2D eigenvalue weighted by Gasteiger charge is 2.43. The van der Waals surface area contributed by atoms with E-state index in [4.69, 9.17) is 14.2 Å². The first-order valence-corrected chi connectivity index (χ1v) is 8.63. The van der Waals surface area contributed by atoms with Crippen LogP contribution in [-0.4, -0.2) is 42.6 Å². The standard InChI is InChI=1S/C20H24N2O6/c1-20(2,22(24)25)15(13-6-8-21-9-7-13)12-16(23)14-10-17(26-3)19(28-5)18(11-14)27-4/h6-11,15H,12H2,1-5H3. The lowest BCUT2D eigenvalue weighted by Crippen LogP contribution is -2.39. The zero-order valence-corrected chi connectivity index (χ0v) is 16.6. The second-order valence-corrected chi connectivity index (χ2v) is 6.79. The number of rotatable bonds is 9. The van der Waals surface area contributed by atoms with Crippen LogP contribution in [-0.2, 0) is 0 Å². The van der Waals surface area contributed by atoms with Crippen LogP contribution in [0.4, 0.5) is 0 Å². The molecule has 1 heterocycles. The van der Waals surface area contributed by atoms with E-state index in [1.165, 1.54) is 35.2 Å². The number of carbonyl (C=O) groups is 1. The molecule has 8 heteroatoms. The number of hydrogen-bond acceptors (Lipinski definition) is 7. The van der Waals surface area contributed by atoms with Crippen molar-refractivity contribution in [2.45, 2.75) is 31.7 Å². The fourth-order valence-electron chi connectivity index (χ4n) is 3.04. The summed E-state index contributed by atoms with van der Waals surface area (Å²) in [5.74, 6) is 0.157. The number of hydrogen-bond donors (Lipinski definition) is 0. The van der Waals surface area contributed by atoms with Crippen LogP contribution in [0.1, 0.15) is 42.1 Å². The Morgan fingerprint density at radius 1 is 1.11 bits per heavy atom. The molecule has 0 fully saturated rings. The summed E-state index contributed by atoms with van der Waals surface area (Å²) in [4.78, 5) is 28.3. The summed E-state index contributed by atoms with van der Waals surface area (Å²) in [6.45, 7) is 3.03. The summed E-state index contributed by atoms with van der Waals surface area (Å²) < 4.78 is 15.9. The summed E-state index contributed by atoms with van der Waals surface area (Å²) in [7, 11) is 4.39. The third kappa shape index (κ3) is 4.21. The van der Waals surface area contributed by atoms with Crippen molar-refractivity contribution < 1.29 is 23.9 Å². The van der Waals surface area contributed by atoms with E-state index in [0.717, 1.165) is 0 Å². The number of benzene rings is 1. The zero-order chi connectivity index (χ0) is 20.9. The van der Waals surface area contributed by atoms with Crippen molar-refractivity contribution >= 4 is 5.78 Å². The number of Topliss-reactive ketones (excluding diaryl/α,β-unsaturated/α-hetero) is 1. The molecular formula is C20H24N2O6. The molecule has 0 amide bonds. The summed E-state index contributed by atoms with van der Waals surface area (Å²) in [5, 5.41) is 11.7. The van der Waals surface area contributed by atoms with Gasteiger partial charge in [0.2, 0.25) is 11.3 Å². The highest BCUT2D eigenvalue weighted by Crippen LogP contribution is 2.40. The number of aromatic nitrogens is 1. The molecule has 28 heavy (non-hydrogen) atoms. The van der Waals surface area contributed by atoms with Gasteiger partial charge in [0.25, 0.3) is 0 Å². The second-order valence-electron chi connectivity index (χ2n) is 6.79. The number of pyridine rings is 1. The average Bonchev–Trinajstić information content (AvgIpc) is 2.70. The normalized spacial score (nSPS) is 12.2. The van der Waals surface area contributed by atoms with Crippen molar-refractivity contribution in [2.24, 2.45) is 0 Å². The molecule has 0 spiro atoms. The largest absolute Gasteiger partial charge is 0.493 e. The summed E-state index contributed by atoms with van der Waals surface area (Å²) in [5.41, 5.74) is -0.345. The van der Waals surface area contributed by atoms with Gasteiger partial charge in [0, 0.05) is 43.1 Å². The molecule has 0 aliphatic heterocycles. The van der Waals surface area contributed by atoms with Gasteiger partial charge in [-0.1, -0.05) is 0 Å². The van der Waals surface area contributed by atoms with Gasteiger partial charge in [0.05, 0.1) is 27.2 Å². The summed E-state index contributed by atoms with van der Waals surface area (Å²) in [6, 6.07) is 6.48. The summed E-state index contributed by atoms with van der Waals surface area (Å²) in [6.07, 6.45) is 3.06. The fourth-order valence-corrected chi connectivity index (χ4v) is 3.04. The van der Waals surface area contributed by atoms with Crippen LogP contribution in [0.3, 0.4) is 0 Å². The lowest BCUT2D eigenvalue weighted by molar-refractivity contribution is -0.565. The Balaban J connectivity index is 2.45. The van der Waals surface area contributed by atoms with Crippen molar-refractivity contribution in [1.82, 2.24) is 4.98 Å². The van der Waals surface area contributed by atoms with Gasteiger partial charge >= 0.3 is 0 Å². The molecule has 0 saturated heterocycles. The molecular weight excluding hydrogens is 364 g/mol. The first-order valence-electron chi connectivity index (χ1n) is 8.63. The van der Waals surface area contributed by atoms with Gasteiger partial charge < -0.3 is 14.2 Å². The minimum Gasteiger partial charge on any atom is -0.493 e. The molecule has 0 radical (unpaired) electrons. The lowest BCUT2D eigenvalue weighted by atomic mass is 9.78. The van der Waals surface area contributed by atoms with Crippen LogP contribution in [0.25, 0.3) is 0 Å². The van der Waals surface area contributed by atoms with Crippen molar-refractivity contribution in [1.29, 1.82) is 0 Å². The van der Waals surface area contributed by atoms with Gasteiger partial charge in [-0.15, -0.1) is 0 Å². The maximum Gasteiger partial charge on any atom is 0.223 e. The monoisotopic (exact) mass is 388 g/mol. The summed E-state index contributed by atoms with van der Waals surface area (Å²) >= 11 is 0. The molecule has 0 N–H and O–H groups in total. The predicted octanol–water partition coefficient (Wildman–Crippen LogP) is 3.52. The number of ketones is 1. The molecule has 2 rings (SSSR count). The molecule has 1 unspecified atom stereocenters. The first-order chi connectivity index (χ1) is 13.3. The Hall–Kier alpha value is -3.16. The van der Waals surface area contributed by atoms with Gasteiger partial charge in [-0.05, 0) is 29.8 Å². The Bertz CT molecular complexity index is 826. The Kier molecular flexibility index (Phi) is 6.56. The predicted molar refractivity (Wildman–Crippen MR) is 103 cm³/mol. The molecule has 0 aliphatic carbocycles. The molecule has 2 aromatic rings. The average molecular weight is 388 g/mol. The van der Waals surface area contributed by atoms with Crippen LogP contribution >= 0.6 is 0 Å². The smallest absolute Gasteiger partial charge is 0.223 e. The Morgan fingerprint density at radius 2 is 1.64 bits per heavy atom. The fraction of sp³-hybridized carbons (Fsp3) is 0.400. The van der Waals surface area contributed by atoms with Crippen molar-refractivity contribution in [3.63, 3.8) is 0 Å². The van der Waals surface area contributed by atoms with E-state index in [-0.39, 0.29) is 17.1 Å². The zero-order valence-electron chi connectivity index (χ0n) is 16.6. The molecule has 8 nitrogen and oxygen atoms in total. The quantitative estimate of drug-likeness (QED) is 0.368. The van der Waals surface area contributed by atoms with E-state index in [2.05, 4.69) is 4.98 Å². The third-order valence-electron chi connectivity index (χ3n) is 4.81. The van der Waals surface area contributed by atoms with Gasteiger partial charge in [-0.3, -0.25) is 19.9 Å². The van der Waals surface area contributed by atoms with E-state index in [1.54, 1.807) is 36.7 Å². The van der Waals surface area contributed by atoms with Gasteiger partial charge in [0.1, 0.15) is 0 Å². The molecule has 0 saturated carbocycles. The molecule has 1 aromatic carbocycles. The molecule has 0 aliphatic rings. The SMILES string of the molecule is COc1cc(C(=O)CC(c2ccncc2)C(C)(C)[N+](=O)[O-])cc(OC)c1OC. The van der Waals surface area contributed by atoms with Crippen LogP contribution in [0.2, 0.25) is 0 Å². The van der Waals surface area contributed by atoms with E-state index < -0.39 is 11.5 Å². The van der Waals surface area contributed by atoms with E-state index in [1.807, 2.05) is 0 Å². The molecule has 1 aromatic heterocycles. The Labute approximate surface area is 163 Å². The first kappa shape index (κ1) is 21.1. The van der Waals surface area contributed by atoms with Gasteiger partial charge in [-0.25, -0.2) is 0 Å². The van der Waals surface area contributed by atoms with Gasteiger partial charge in [-0.2, -0.15) is 0 Å². The number of methoxy groups -OCH3 is 3. The number of carbonyl (C=O) groups excluding carboxylic acids is 1. The maximum absolute atomic E-state index is 13.0.